The van der Waals surface area contributed by atoms with Gasteiger partial charge in [-0.25, -0.2) is 4.39 Å². The van der Waals surface area contributed by atoms with Crippen LogP contribution in [0.3, 0.4) is 0 Å². The van der Waals surface area contributed by atoms with Crippen molar-refractivity contribution in [2.24, 2.45) is 0 Å². The van der Waals surface area contributed by atoms with E-state index in [9.17, 15) is 17.6 Å². The third-order valence-electron chi connectivity index (χ3n) is 2.56. The van der Waals surface area contributed by atoms with E-state index in [1.165, 1.54) is 18.2 Å². The number of benzene rings is 1. The molecule has 1 aromatic rings. The second-order valence-electron chi connectivity index (χ2n) is 4.10. The van der Waals surface area contributed by atoms with Crippen molar-refractivity contribution < 1.29 is 22.3 Å². The van der Waals surface area contributed by atoms with Gasteiger partial charge in [0.2, 0.25) is 0 Å². The summed E-state index contributed by atoms with van der Waals surface area (Å²) < 4.78 is 54.6. The average Bonchev–Trinajstić information content (AvgIpc) is 2.35. The molecule has 20 heavy (non-hydrogen) atoms. The summed E-state index contributed by atoms with van der Waals surface area (Å²) in [5.41, 5.74) is -3.66. The minimum Gasteiger partial charge on any atom is -0.492 e. The van der Waals surface area contributed by atoms with Crippen molar-refractivity contribution >= 4 is 11.8 Å². The molecule has 0 amide bonds. The summed E-state index contributed by atoms with van der Waals surface area (Å²) in [5.74, 6) is -0.194. The predicted molar refractivity (Wildman–Crippen MR) is 72.5 cm³/mol. The maximum absolute atomic E-state index is 13.3. The van der Waals surface area contributed by atoms with E-state index >= 15 is 0 Å². The number of hydrogen-bond acceptors (Lipinski definition) is 3. The van der Waals surface area contributed by atoms with E-state index < -0.39 is 11.3 Å². The molecule has 0 saturated heterocycles. The number of hydrogen-bond donors (Lipinski definition) is 1. The lowest BCUT2D eigenvalue weighted by atomic mass is 10.1. The third kappa shape index (κ3) is 6.00. The molecule has 114 valence electrons. The Kier molecular flexibility index (Phi) is 6.61. The van der Waals surface area contributed by atoms with Crippen LogP contribution in [-0.2, 0) is 0 Å². The van der Waals surface area contributed by atoms with Crippen molar-refractivity contribution in [2.75, 3.05) is 18.9 Å². The zero-order valence-electron chi connectivity index (χ0n) is 11.3. The van der Waals surface area contributed by atoms with Gasteiger partial charge >= 0.3 is 5.51 Å². The minimum absolute atomic E-state index is 0.0817. The van der Waals surface area contributed by atoms with Crippen LogP contribution < -0.4 is 10.1 Å². The highest BCUT2D eigenvalue weighted by Gasteiger charge is 2.27. The molecule has 2 nitrogen and oxygen atoms in total. The summed E-state index contributed by atoms with van der Waals surface area (Å²) >= 11 is -0.134. The summed E-state index contributed by atoms with van der Waals surface area (Å²) in [6.45, 7) is 4.37. The molecule has 0 fully saturated rings. The highest BCUT2D eigenvalue weighted by Crippen LogP contribution is 2.30. The maximum Gasteiger partial charge on any atom is 0.441 e. The van der Waals surface area contributed by atoms with E-state index in [2.05, 4.69) is 5.32 Å². The van der Waals surface area contributed by atoms with Gasteiger partial charge in [-0.05, 0) is 43.4 Å². The second-order valence-corrected chi connectivity index (χ2v) is 5.26. The predicted octanol–water partition coefficient (Wildman–Crippen LogP) is 4.13. The van der Waals surface area contributed by atoms with Crippen LogP contribution in [0.2, 0.25) is 0 Å². The first kappa shape index (κ1) is 17.1. The molecule has 1 aromatic carbocycles. The highest BCUT2D eigenvalue weighted by atomic mass is 32.2. The Morgan fingerprint density at radius 3 is 2.65 bits per heavy atom. The molecule has 7 heteroatoms. The molecule has 0 aliphatic heterocycles. The molecule has 1 N–H and O–H groups in total. The van der Waals surface area contributed by atoms with Crippen LogP contribution in [-0.4, -0.2) is 24.4 Å². The summed E-state index contributed by atoms with van der Waals surface area (Å²) in [7, 11) is 0. The molecule has 0 aliphatic rings. The monoisotopic (exact) mass is 311 g/mol. The van der Waals surface area contributed by atoms with Crippen molar-refractivity contribution in [3.8, 4) is 5.75 Å². The summed E-state index contributed by atoms with van der Waals surface area (Å²) in [4.78, 5) is 0. The Balaban J connectivity index is 2.64. The number of nitrogens with one attached hydrogen (secondary N) is 1. The quantitative estimate of drug-likeness (QED) is 0.604. The molecule has 0 radical (unpaired) electrons. The van der Waals surface area contributed by atoms with Gasteiger partial charge < -0.3 is 10.1 Å². The number of rotatable bonds is 7. The molecular weight excluding hydrogens is 294 g/mol. The van der Waals surface area contributed by atoms with E-state index in [1.807, 2.05) is 13.8 Å². The van der Waals surface area contributed by atoms with Crippen molar-refractivity contribution in [1.29, 1.82) is 0 Å². The molecule has 1 atom stereocenters. The topological polar surface area (TPSA) is 21.3 Å². The van der Waals surface area contributed by atoms with Gasteiger partial charge in [-0.2, -0.15) is 13.2 Å². The van der Waals surface area contributed by atoms with Gasteiger partial charge in [0, 0.05) is 17.4 Å². The second kappa shape index (κ2) is 7.73. The smallest absolute Gasteiger partial charge is 0.441 e. The SMILES string of the molecule is CCNC(C)c1cc(F)ccc1OCCSC(F)(F)F. The van der Waals surface area contributed by atoms with Gasteiger partial charge in [-0.1, -0.05) is 6.92 Å². The fourth-order valence-corrected chi connectivity index (χ4v) is 2.11. The van der Waals surface area contributed by atoms with E-state index in [4.69, 9.17) is 4.74 Å². The first-order chi connectivity index (χ1) is 9.33. The molecule has 0 bridgehead atoms. The zero-order valence-corrected chi connectivity index (χ0v) is 12.1. The molecule has 1 unspecified atom stereocenters. The average molecular weight is 311 g/mol. The van der Waals surface area contributed by atoms with Crippen molar-refractivity contribution in [3.63, 3.8) is 0 Å². The van der Waals surface area contributed by atoms with Gasteiger partial charge in [0.1, 0.15) is 11.6 Å². The van der Waals surface area contributed by atoms with Crippen LogP contribution in [0.4, 0.5) is 17.6 Å². The lowest BCUT2D eigenvalue weighted by molar-refractivity contribution is -0.0329. The van der Waals surface area contributed by atoms with E-state index in [0.29, 0.717) is 17.9 Å². The van der Waals surface area contributed by atoms with Crippen molar-refractivity contribution in [3.05, 3.63) is 29.6 Å². The minimum atomic E-state index is -4.26. The van der Waals surface area contributed by atoms with Crippen LogP contribution in [0.15, 0.2) is 18.2 Å². The molecule has 0 aromatic heterocycles. The number of halogens is 4. The van der Waals surface area contributed by atoms with Gasteiger partial charge in [0.15, 0.2) is 0 Å². The Morgan fingerprint density at radius 2 is 2.05 bits per heavy atom. The normalized spacial score (nSPS) is 13.3. The maximum atomic E-state index is 13.3. The standard InChI is InChI=1S/C13H17F4NOS/c1-3-18-9(2)11-8-10(14)4-5-12(11)19-6-7-20-13(15,16)17/h4-5,8-9,18H,3,6-7H2,1-2H3. The molecule has 0 saturated carbocycles. The van der Waals surface area contributed by atoms with Crippen LogP contribution in [0.1, 0.15) is 25.5 Å². The Labute approximate surface area is 119 Å². The van der Waals surface area contributed by atoms with Crippen LogP contribution >= 0.6 is 11.8 Å². The summed E-state index contributed by atoms with van der Waals surface area (Å²) in [6.07, 6.45) is 0. The fourth-order valence-electron chi connectivity index (χ4n) is 1.71. The molecule has 1 rings (SSSR count). The van der Waals surface area contributed by atoms with Gasteiger partial charge in [-0.15, -0.1) is 0 Å². The van der Waals surface area contributed by atoms with E-state index in [0.717, 1.165) is 0 Å². The Hall–Kier alpha value is -0.950. The summed E-state index contributed by atoms with van der Waals surface area (Å²) in [5, 5.41) is 3.11. The Morgan fingerprint density at radius 1 is 1.35 bits per heavy atom. The van der Waals surface area contributed by atoms with Crippen LogP contribution in [0, 0.1) is 5.82 Å². The highest BCUT2D eigenvalue weighted by molar-refractivity contribution is 8.00. The molecule has 0 spiro atoms. The number of thioether (sulfide) groups is 1. The number of ether oxygens (including phenoxy) is 1. The summed E-state index contributed by atoms with van der Waals surface area (Å²) in [6, 6.07) is 3.87. The van der Waals surface area contributed by atoms with Crippen molar-refractivity contribution in [1.82, 2.24) is 5.32 Å². The largest absolute Gasteiger partial charge is 0.492 e. The molecule has 0 aliphatic carbocycles. The third-order valence-corrected chi connectivity index (χ3v) is 3.25. The zero-order chi connectivity index (χ0) is 15.2. The van der Waals surface area contributed by atoms with Gasteiger partial charge in [0.25, 0.3) is 0 Å². The van der Waals surface area contributed by atoms with Crippen molar-refractivity contribution in [2.45, 2.75) is 25.4 Å². The van der Waals surface area contributed by atoms with Crippen LogP contribution in [0.25, 0.3) is 0 Å². The first-order valence-electron chi connectivity index (χ1n) is 6.19. The molecule has 0 heterocycles. The Bertz CT molecular complexity index is 425. The van der Waals surface area contributed by atoms with E-state index in [1.54, 1.807) is 0 Å². The lowest BCUT2D eigenvalue weighted by Gasteiger charge is -2.18. The van der Waals surface area contributed by atoms with Crippen LogP contribution in [0.5, 0.6) is 5.75 Å². The van der Waals surface area contributed by atoms with E-state index in [-0.39, 0.29) is 30.2 Å². The van der Waals surface area contributed by atoms with Gasteiger partial charge in [0.05, 0.1) is 6.61 Å². The first-order valence-corrected chi connectivity index (χ1v) is 7.18. The lowest BCUT2D eigenvalue weighted by Crippen LogP contribution is -2.19. The van der Waals surface area contributed by atoms with Gasteiger partial charge in [-0.3, -0.25) is 0 Å². The number of alkyl halides is 3. The fraction of sp³-hybridized carbons (Fsp3) is 0.538. The molecular formula is C13H17F4NOS.